The van der Waals surface area contributed by atoms with E-state index in [0.717, 1.165) is 11.4 Å². The van der Waals surface area contributed by atoms with Gasteiger partial charge in [0.15, 0.2) is 11.5 Å². The fraction of sp³-hybridized carbons (Fsp3) is 0.0556. The van der Waals surface area contributed by atoms with E-state index in [1.807, 2.05) is 34.9 Å². The van der Waals surface area contributed by atoms with Crippen molar-refractivity contribution in [3.05, 3.63) is 61.1 Å². The third-order valence-corrected chi connectivity index (χ3v) is 3.78. The molecule has 0 aliphatic rings. The zero-order chi connectivity index (χ0) is 16.5. The maximum Gasteiger partial charge on any atom is 0.168 e. The normalized spacial score (nSPS) is 10.9. The van der Waals surface area contributed by atoms with Gasteiger partial charge in [-0.25, -0.2) is 15.0 Å². The lowest BCUT2D eigenvalue weighted by Gasteiger charge is -2.09. The van der Waals surface area contributed by atoms with E-state index < -0.39 is 0 Å². The van der Waals surface area contributed by atoms with Gasteiger partial charge in [0.2, 0.25) is 0 Å². The average Bonchev–Trinajstić information content (AvgIpc) is 3.05. The number of fused-ring (bicyclic) bond motifs is 1. The molecule has 0 atom stereocenters. The Hall–Kier alpha value is -3.41. The summed E-state index contributed by atoms with van der Waals surface area (Å²) >= 11 is 0. The quantitative estimate of drug-likeness (QED) is 0.628. The largest absolute Gasteiger partial charge is 0.507 e. The maximum absolute atomic E-state index is 10.0. The molecule has 118 valence electrons. The molecule has 0 spiro atoms. The summed E-state index contributed by atoms with van der Waals surface area (Å²) in [7, 11) is 1.63. The van der Waals surface area contributed by atoms with Crippen molar-refractivity contribution in [2.45, 2.75) is 0 Å². The molecular weight excluding hydrogens is 304 g/mol. The first kappa shape index (κ1) is 14.2. The maximum atomic E-state index is 10.0. The van der Waals surface area contributed by atoms with Gasteiger partial charge in [-0.05, 0) is 24.3 Å². The lowest BCUT2D eigenvalue weighted by atomic mass is 10.2. The van der Waals surface area contributed by atoms with Crippen molar-refractivity contribution in [3.8, 4) is 28.6 Å². The number of imidazole rings is 1. The molecular formula is C18H14N4O2. The van der Waals surface area contributed by atoms with E-state index in [1.165, 1.54) is 0 Å². The number of aromatic hydroxyl groups is 1. The van der Waals surface area contributed by atoms with Gasteiger partial charge in [0.05, 0.1) is 24.6 Å². The summed E-state index contributed by atoms with van der Waals surface area (Å²) in [6, 6.07) is 14.6. The van der Waals surface area contributed by atoms with Crippen LogP contribution in [0.5, 0.6) is 11.5 Å². The van der Waals surface area contributed by atoms with E-state index in [0.29, 0.717) is 22.6 Å². The van der Waals surface area contributed by atoms with E-state index in [9.17, 15) is 5.11 Å². The van der Waals surface area contributed by atoms with Gasteiger partial charge in [0.25, 0.3) is 0 Å². The van der Waals surface area contributed by atoms with Gasteiger partial charge in [-0.3, -0.25) is 4.57 Å². The van der Waals surface area contributed by atoms with Crippen LogP contribution >= 0.6 is 0 Å². The van der Waals surface area contributed by atoms with Crippen molar-refractivity contribution in [2.24, 2.45) is 0 Å². The fourth-order valence-electron chi connectivity index (χ4n) is 2.61. The Balaban J connectivity index is 1.93. The predicted octanol–water partition coefficient (Wildman–Crippen LogP) is 3.20. The van der Waals surface area contributed by atoms with Crippen LogP contribution in [0.3, 0.4) is 0 Å². The molecule has 0 radical (unpaired) electrons. The first-order valence-electron chi connectivity index (χ1n) is 7.40. The molecule has 0 amide bonds. The van der Waals surface area contributed by atoms with E-state index in [1.54, 1.807) is 37.8 Å². The number of phenols is 1. The number of methoxy groups -OCH3 is 1. The van der Waals surface area contributed by atoms with Crippen LogP contribution in [0.4, 0.5) is 0 Å². The van der Waals surface area contributed by atoms with Gasteiger partial charge in [-0.1, -0.05) is 24.3 Å². The lowest BCUT2D eigenvalue weighted by Crippen LogP contribution is -1.99. The standard InChI is InChI=1S/C18H14N4O2/c1-24-16-9-5-3-7-14(16)22-11-20-13-10-19-17(21-18(13)22)12-6-2-4-8-15(12)23/h2-11,23H,1H3. The summed E-state index contributed by atoms with van der Waals surface area (Å²) in [6.07, 6.45) is 3.34. The number of rotatable bonds is 3. The van der Waals surface area contributed by atoms with Crippen LogP contribution in [0.25, 0.3) is 28.2 Å². The summed E-state index contributed by atoms with van der Waals surface area (Å²) in [6.45, 7) is 0. The van der Waals surface area contributed by atoms with E-state index in [2.05, 4.69) is 15.0 Å². The molecule has 4 aromatic rings. The molecule has 1 N–H and O–H groups in total. The molecule has 0 aliphatic heterocycles. The summed E-state index contributed by atoms with van der Waals surface area (Å²) in [5, 5.41) is 10.0. The van der Waals surface area contributed by atoms with Crippen LogP contribution in [-0.2, 0) is 0 Å². The van der Waals surface area contributed by atoms with Crippen molar-refractivity contribution < 1.29 is 9.84 Å². The van der Waals surface area contributed by atoms with Crippen LogP contribution in [0.15, 0.2) is 61.1 Å². The molecule has 6 heteroatoms. The Bertz CT molecular complexity index is 1030. The summed E-state index contributed by atoms with van der Waals surface area (Å²) in [4.78, 5) is 13.2. The minimum Gasteiger partial charge on any atom is -0.507 e. The van der Waals surface area contributed by atoms with Crippen molar-refractivity contribution in [1.82, 2.24) is 19.5 Å². The van der Waals surface area contributed by atoms with E-state index in [4.69, 9.17) is 4.74 Å². The molecule has 2 aromatic heterocycles. The zero-order valence-electron chi connectivity index (χ0n) is 12.9. The number of benzene rings is 2. The van der Waals surface area contributed by atoms with Crippen molar-refractivity contribution >= 4 is 11.2 Å². The molecule has 24 heavy (non-hydrogen) atoms. The van der Waals surface area contributed by atoms with Gasteiger partial charge in [0, 0.05) is 0 Å². The van der Waals surface area contributed by atoms with Gasteiger partial charge >= 0.3 is 0 Å². The molecule has 0 unspecified atom stereocenters. The highest BCUT2D eigenvalue weighted by Gasteiger charge is 2.13. The third kappa shape index (κ3) is 2.25. The number of phenolic OH excluding ortho intramolecular Hbond substituents is 1. The lowest BCUT2D eigenvalue weighted by molar-refractivity contribution is 0.413. The highest BCUT2D eigenvalue weighted by Crippen LogP contribution is 2.29. The summed E-state index contributed by atoms with van der Waals surface area (Å²) in [5.41, 5.74) is 2.73. The topological polar surface area (TPSA) is 73.1 Å². The highest BCUT2D eigenvalue weighted by molar-refractivity contribution is 5.76. The van der Waals surface area contributed by atoms with Crippen LogP contribution in [0.1, 0.15) is 0 Å². The van der Waals surface area contributed by atoms with Crippen molar-refractivity contribution in [2.75, 3.05) is 7.11 Å². The Morgan fingerprint density at radius 3 is 2.62 bits per heavy atom. The van der Waals surface area contributed by atoms with Crippen LogP contribution in [0, 0.1) is 0 Å². The SMILES string of the molecule is COc1ccccc1-n1cnc2cnc(-c3ccccc3O)nc21. The Kier molecular flexibility index (Phi) is 3.35. The molecule has 0 saturated heterocycles. The monoisotopic (exact) mass is 318 g/mol. The predicted molar refractivity (Wildman–Crippen MR) is 90.3 cm³/mol. The second-order valence-corrected chi connectivity index (χ2v) is 5.21. The number of nitrogens with zero attached hydrogens (tertiary/aromatic N) is 4. The second kappa shape index (κ2) is 5.66. The second-order valence-electron chi connectivity index (χ2n) is 5.21. The smallest absolute Gasteiger partial charge is 0.168 e. The summed E-state index contributed by atoms with van der Waals surface area (Å²) in [5.74, 6) is 1.30. The average molecular weight is 318 g/mol. The molecule has 0 aliphatic carbocycles. The Morgan fingerprint density at radius 1 is 1.00 bits per heavy atom. The van der Waals surface area contributed by atoms with Crippen LogP contribution in [-0.4, -0.2) is 31.7 Å². The molecule has 2 heterocycles. The highest BCUT2D eigenvalue weighted by atomic mass is 16.5. The number of hydrogen-bond donors (Lipinski definition) is 1. The van der Waals surface area contributed by atoms with Gasteiger partial charge < -0.3 is 9.84 Å². The third-order valence-electron chi connectivity index (χ3n) is 3.78. The van der Waals surface area contributed by atoms with Gasteiger partial charge in [-0.15, -0.1) is 0 Å². The molecule has 0 bridgehead atoms. The van der Waals surface area contributed by atoms with Crippen molar-refractivity contribution in [1.29, 1.82) is 0 Å². The minimum absolute atomic E-state index is 0.139. The molecule has 0 saturated carbocycles. The number of hydrogen-bond acceptors (Lipinski definition) is 5. The number of ether oxygens (including phenoxy) is 1. The summed E-state index contributed by atoms with van der Waals surface area (Å²) < 4.78 is 7.27. The van der Waals surface area contributed by atoms with Crippen LogP contribution < -0.4 is 4.74 Å². The minimum atomic E-state index is 0.139. The Morgan fingerprint density at radius 2 is 1.79 bits per heavy atom. The fourth-order valence-corrected chi connectivity index (χ4v) is 2.61. The van der Waals surface area contributed by atoms with E-state index >= 15 is 0 Å². The van der Waals surface area contributed by atoms with E-state index in [-0.39, 0.29) is 5.75 Å². The first-order valence-corrected chi connectivity index (χ1v) is 7.40. The molecule has 4 rings (SSSR count). The van der Waals surface area contributed by atoms with Crippen molar-refractivity contribution in [3.63, 3.8) is 0 Å². The molecule has 0 fully saturated rings. The first-order chi connectivity index (χ1) is 11.8. The molecule has 2 aromatic carbocycles. The van der Waals surface area contributed by atoms with Crippen LogP contribution in [0.2, 0.25) is 0 Å². The molecule has 6 nitrogen and oxygen atoms in total. The number of aromatic nitrogens is 4. The van der Waals surface area contributed by atoms with Gasteiger partial charge in [-0.2, -0.15) is 0 Å². The van der Waals surface area contributed by atoms with Gasteiger partial charge in [0.1, 0.15) is 23.3 Å². The number of para-hydroxylation sites is 3. The Labute approximate surface area is 138 Å². The zero-order valence-corrected chi connectivity index (χ0v) is 12.9.